The van der Waals surface area contributed by atoms with Crippen LogP contribution in [-0.2, 0) is 16.1 Å². The molecular formula is C19H23Cl2N3O3. The van der Waals surface area contributed by atoms with Crippen LogP contribution in [0.1, 0.15) is 42.4 Å². The molecule has 1 aromatic heterocycles. The van der Waals surface area contributed by atoms with Crippen molar-refractivity contribution in [2.24, 2.45) is 5.92 Å². The van der Waals surface area contributed by atoms with Crippen molar-refractivity contribution in [3.8, 4) is 0 Å². The summed E-state index contributed by atoms with van der Waals surface area (Å²) in [5, 5.41) is 7.80. The van der Waals surface area contributed by atoms with Gasteiger partial charge in [-0.1, -0.05) is 55.2 Å². The number of halogens is 2. The average Bonchev–Trinajstić information content (AvgIpc) is 2.88. The normalized spacial score (nSPS) is 12.1. The Morgan fingerprint density at radius 3 is 2.52 bits per heavy atom. The van der Waals surface area contributed by atoms with Gasteiger partial charge in [0, 0.05) is 11.1 Å². The van der Waals surface area contributed by atoms with Gasteiger partial charge >= 0.3 is 5.97 Å². The molecule has 27 heavy (non-hydrogen) atoms. The number of esters is 1. The molecule has 1 amide bonds. The second-order valence-corrected chi connectivity index (χ2v) is 7.44. The van der Waals surface area contributed by atoms with E-state index < -0.39 is 5.97 Å². The van der Waals surface area contributed by atoms with Crippen molar-refractivity contribution in [3.63, 3.8) is 0 Å². The minimum atomic E-state index is -0.685. The summed E-state index contributed by atoms with van der Waals surface area (Å²) in [4.78, 5) is 24.3. The average molecular weight is 412 g/mol. The number of carbonyl (C=O) groups is 2. The van der Waals surface area contributed by atoms with Crippen LogP contribution < -0.4 is 5.32 Å². The van der Waals surface area contributed by atoms with E-state index in [4.69, 9.17) is 27.9 Å². The molecule has 1 atom stereocenters. The third-order valence-electron chi connectivity index (χ3n) is 4.27. The summed E-state index contributed by atoms with van der Waals surface area (Å²) in [6, 6.07) is 7.30. The first-order chi connectivity index (χ1) is 12.7. The minimum Gasteiger partial charge on any atom is -0.452 e. The van der Waals surface area contributed by atoms with Gasteiger partial charge in [-0.3, -0.25) is 4.79 Å². The maximum absolute atomic E-state index is 12.4. The van der Waals surface area contributed by atoms with Crippen LogP contribution in [0.5, 0.6) is 0 Å². The summed E-state index contributed by atoms with van der Waals surface area (Å²) >= 11 is 12.5. The summed E-state index contributed by atoms with van der Waals surface area (Å²) in [6.45, 7) is 7.48. The Hall–Kier alpha value is -2.05. The molecule has 0 fully saturated rings. The molecule has 2 rings (SSSR count). The van der Waals surface area contributed by atoms with Crippen molar-refractivity contribution in [1.29, 1.82) is 0 Å². The number of hydrogen-bond acceptors (Lipinski definition) is 4. The highest BCUT2D eigenvalue weighted by Crippen LogP contribution is 2.24. The number of hydrogen-bond donors (Lipinski definition) is 1. The van der Waals surface area contributed by atoms with Gasteiger partial charge in [0.1, 0.15) is 10.7 Å². The van der Waals surface area contributed by atoms with Gasteiger partial charge in [0.05, 0.1) is 12.2 Å². The van der Waals surface area contributed by atoms with Gasteiger partial charge in [-0.2, -0.15) is 5.10 Å². The zero-order valence-electron chi connectivity index (χ0n) is 15.8. The molecule has 0 saturated heterocycles. The first-order valence-corrected chi connectivity index (χ1v) is 9.39. The Balaban J connectivity index is 2.06. The topological polar surface area (TPSA) is 73.2 Å². The monoisotopic (exact) mass is 411 g/mol. The number of ether oxygens (including phenoxy) is 1. The Bertz CT molecular complexity index is 834. The fourth-order valence-electron chi connectivity index (χ4n) is 2.34. The molecule has 0 saturated carbocycles. The zero-order chi connectivity index (χ0) is 20.1. The molecule has 0 aliphatic heterocycles. The Morgan fingerprint density at radius 1 is 1.22 bits per heavy atom. The number of carbonyl (C=O) groups excluding carboxylic acids is 2. The van der Waals surface area contributed by atoms with Crippen molar-refractivity contribution in [2.75, 3.05) is 6.61 Å². The van der Waals surface area contributed by atoms with Crippen molar-refractivity contribution in [1.82, 2.24) is 15.1 Å². The van der Waals surface area contributed by atoms with E-state index in [-0.39, 0.29) is 35.2 Å². The fraction of sp³-hybridized carbons (Fsp3) is 0.421. The van der Waals surface area contributed by atoms with E-state index in [1.54, 1.807) is 13.0 Å². The lowest BCUT2D eigenvalue weighted by Gasteiger charge is -2.17. The van der Waals surface area contributed by atoms with E-state index >= 15 is 0 Å². The van der Waals surface area contributed by atoms with Crippen LogP contribution in [0.25, 0.3) is 0 Å². The van der Waals surface area contributed by atoms with Gasteiger partial charge < -0.3 is 10.1 Å². The molecule has 0 spiro atoms. The number of aromatic nitrogens is 2. The molecule has 0 bridgehead atoms. The number of nitrogens with one attached hydrogen (secondary N) is 1. The smallest absolute Gasteiger partial charge is 0.343 e. The lowest BCUT2D eigenvalue weighted by molar-refractivity contribution is -0.125. The van der Waals surface area contributed by atoms with Crippen LogP contribution in [0.4, 0.5) is 0 Å². The van der Waals surface area contributed by atoms with Gasteiger partial charge in [0.25, 0.3) is 5.91 Å². The molecule has 1 heterocycles. The summed E-state index contributed by atoms with van der Waals surface area (Å²) in [5.74, 6) is -0.763. The molecule has 0 radical (unpaired) electrons. The number of benzene rings is 1. The fourth-order valence-corrected chi connectivity index (χ4v) is 2.85. The van der Waals surface area contributed by atoms with E-state index in [0.717, 1.165) is 5.56 Å². The molecule has 0 aliphatic rings. The van der Waals surface area contributed by atoms with Crippen LogP contribution in [0.15, 0.2) is 24.3 Å². The SMILES string of the molecule is Cc1nn(Cc2ccccc2Cl)c(Cl)c1C(=O)OCC(=O)NC(C)C(C)C. The zero-order valence-corrected chi connectivity index (χ0v) is 17.3. The van der Waals surface area contributed by atoms with Crippen LogP contribution in [0.3, 0.4) is 0 Å². The van der Waals surface area contributed by atoms with Gasteiger partial charge in [-0.25, -0.2) is 9.48 Å². The molecule has 6 nitrogen and oxygen atoms in total. The summed E-state index contributed by atoms with van der Waals surface area (Å²) in [6.07, 6.45) is 0. The van der Waals surface area contributed by atoms with Crippen molar-refractivity contribution >= 4 is 35.1 Å². The molecule has 0 aliphatic carbocycles. The first kappa shape index (κ1) is 21.3. The molecule has 2 aromatic rings. The van der Waals surface area contributed by atoms with Gasteiger partial charge in [0.2, 0.25) is 0 Å². The van der Waals surface area contributed by atoms with E-state index in [0.29, 0.717) is 17.3 Å². The number of aryl methyl sites for hydroxylation is 1. The molecule has 8 heteroatoms. The van der Waals surface area contributed by atoms with E-state index in [9.17, 15) is 9.59 Å². The van der Waals surface area contributed by atoms with Crippen molar-refractivity contribution in [3.05, 3.63) is 51.3 Å². The number of amides is 1. The number of rotatable bonds is 7. The Kier molecular flexibility index (Phi) is 7.27. The van der Waals surface area contributed by atoms with Crippen LogP contribution >= 0.6 is 23.2 Å². The molecule has 1 N–H and O–H groups in total. The van der Waals surface area contributed by atoms with Gasteiger partial charge in [0.15, 0.2) is 6.61 Å². The second kappa shape index (κ2) is 9.24. The van der Waals surface area contributed by atoms with Crippen molar-refractivity contribution in [2.45, 2.75) is 40.3 Å². The van der Waals surface area contributed by atoms with Crippen LogP contribution in [0, 0.1) is 12.8 Å². The largest absolute Gasteiger partial charge is 0.452 e. The standard InChI is InChI=1S/C19H23Cl2N3O3/c1-11(2)12(3)22-16(25)10-27-19(26)17-13(4)23-24(18(17)21)9-14-7-5-6-8-15(14)20/h5-8,11-12H,9-10H2,1-4H3,(H,22,25). The molecule has 1 unspecified atom stereocenters. The van der Waals surface area contributed by atoms with Gasteiger partial charge in [-0.05, 0) is 31.4 Å². The van der Waals surface area contributed by atoms with E-state index in [1.807, 2.05) is 39.0 Å². The summed E-state index contributed by atoms with van der Waals surface area (Å²) in [7, 11) is 0. The minimum absolute atomic E-state index is 0.0140. The highest BCUT2D eigenvalue weighted by atomic mass is 35.5. The van der Waals surface area contributed by atoms with Crippen LogP contribution in [-0.4, -0.2) is 34.3 Å². The maximum atomic E-state index is 12.4. The molecular weight excluding hydrogens is 389 g/mol. The molecule has 1 aromatic carbocycles. The summed E-state index contributed by atoms with van der Waals surface area (Å²) < 4.78 is 6.59. The summed E-state index contributed by atoms with van der Waals surface area (Å²) in [5.41, 5.74) is 1.40. The van der Waals surface area contributed by atoms with Gasteiger partial charge in [-0.15, -0.1) is 0 Å². The Labute approximate surface area is 168 Å². The number of nitrogens with zero attached hydrogens (tertiary/aromatic N) is 2. The Morgan fingerprint density at radius 2 is 1.89 bits per heavy atom. The van der Waals surface area contributed by atoms with Crippen molar-refractivity contribution < 1.29 is 14.3 Å². The quantitative estimate of drug-likeness (QED) is 0.701. The van der Waals surface area contributed by atoms with E-state index in [1.165, 1.54) is 4.68 Å². The second-order valence-electron chi connectivity index (χ2n) is 6.68. The predicted molar refractivity (Wildman–Crippen MR) is 105 cm³/mol. The van der Waals surface area contributed by atoms with Crippen LogP contribution in [0.2, 0.25) is 10.2 Å². The van der Waals surface area contributed by atoms with E-state index in [2.05, 4.69) is 10.4 Å². The third-order valence-corrected chi connectivity index (χ3v) is 5.02. The lowest BCUT2D eigenvalue weighted by atomic mass is 10.1. The predicted octanol–water partition coefficient (Wildman–Crippen LogP) is 3.86. The first-order valence-electron chi connectivity index (χ1n) is 8.63. The highest BCUT2D eigenvalue weighted by molar-refractivity contribution is 6.33. The lowest BCUT2D eigenvalue weighted by Crippen LogP contribution is -2.38. The maximum Gasteiger partial charge on any atom is 0.343 e. The third kappa shape index (κ3) is 5.47. The molecule has 146 valence electrons. The highest BCUT2D eigenvalue weighted by Gasteiger charge is 2.23.